The first-order valence-corrected chi connectivity index (χ1v) is 8.65. The quantitative estimate of drug-likeness (QED) is 0.728. The van der Waals surface area contributed by atoms with Gasteiger partial charge in [-0.25, -0.2) is 4.89 Å². The fourth-order valence-electron chi connectivity index (χ4n) is 4.41. The van der Waals surface area contributed by atoms with Crippen LogP contribution in [0.4, 0.5) is 13.2 Å². The molecule has 3 aliphatic heterocycles. The van der Waals surface area contributed by atoms with E-state index in [0.29, 0.717) is 12.0 Å². The van der Waals surface area contributed by atoms with E-state index in [2.05, 4.69) is 0 Å². The Morgan fingerprint density at radius 1 is 1.04 bits per heavy atom. The number of halogens is 3. The summed E-state index contributed by atoms with van der Waals surface area (Å²) >= 11 is 0. The van der Waals surface area contributed by atoms with Gasteiger partial charge in [0.1, 0.15) is 0 Å². The Hall–Kier alpha value is -1.15. The highest BCUT2D eigenvalue weighted by molar-refractivity contribution is 5.28. The van der Waals surface area contributed by atoms with Gasteiger partial charge >= 0.3 is 6.18 Å². The summed E-state index contributed by atoms with van der Waals surface area (Å²) < 4.78 is 50.2. The van der Waals surface area contributed by atoms with Crippen molar-refractivity contribution < 1.29 is 32.4 Å². The average Bonchev–Trinajstić information content (AvgIpc) is 2.87. The zero-order valence-electron chi connectivity index (χ0n) is 14.0. The lowest BCUT2D eigenvalue weighted by atomic mass is 9.73. The minimum atomic E-state index is -4.38. The molecule has 0 amide bonds. The van der Waals surface area contributed by atoms with Gasteiger partial charge in [-0.05, 0) is 37.3 Å². The monoisotopic (exact) mass is 358 g/mol. The van der Waals surface area contributed by atoms with E-state index in [1.165, 1.54) is 12.1 Å². The lowest BCUT2D eigenvalue weighted by molar-refractivity contribution is -0.558. The summed E-state index contributed by atoms with van der Waals surface area (Å²) in [5, 5.41) is 0. The molecule has 1 aromatic carbocycles. The van der Waals surface area contributed by atoms with Crippen LogP contribution >= 0.6 is 0 Å². The smallest absolute Gasteiger partial charge is 0.353 e. The Bertz CT molecular complexity index is 628. The summed E-state index contributed by atoms with van der Waals surface area (Å²) in [5.74, 6) is -0.974. The number of benzene rings is 1. The van der Waals surface area contributed by atoms with E-state index >= 15 is 0 Å². The van der Waals surface area contributed by atoms with E-state index in [4.69, 9.17) is 19.2 Å². The number of alkyl halides is 3. The van der Waals surface area contributed by atoms with Crippen LogP contribution in [0.1, 0.15) is 49.7 Å². The first-order valence-electron chi connectivity index (χ1n) is 8.65. The Kier molecular flexibility index (Phi) is 4.11. The molecule has 7 heteroatoms. The van der Waals surface area contributed by atoms with Crippen LogP contribution in [-0.2, 0) is 31.2 Å². The van der Waals surface area contributed by atoms with Crippen molar-refractivity contribution in [3.8, 4) is 0 Å². The van der Waals surface area contributed by atoms with Crippen molar-refractivity contribution in [2.75, 3.05) is 7.11 Å². The maximum Gasteiger partial charge on any atom is 0.416 e. The molecule has 3 heterocycles. The van der Waals surface area contributed by atoms with Crippen molar-refractivity contribution in [2.45, 2.75) is 62.4 Å². The zero-order chi connectivity index (χ0) is 17.7. The molecule has 4 nitrogen and oxygen atoms in total. The number of methoxy groups -OCH3 is 1. The summed E-state index contributed by atoms with van der Waals surface area (Å²) in [7, 11) is 1.57. The van der Waals surface area contributed by atoms with Gasteiger partial charge in [0, 0.05) is 19.1 Å². The second-order valence-corrected chi connectivity index (χ2v) is 7.12. The van der Waals surface area contributed by atoms with E-state index in [1.54, 1.807) is 7.11 Å². The Morgan fingerprint density at radius 3 is 2.48 bits per heavy atom. The van der Waals surface area contributed by atoms with Crippen molar-refractivity contribution in [1.82, 2.24) is 0 Å². The average molecular weight is 358 g/mol. The minimum absolute atomic E-state index is 0.255. The van der Waals surface area contributed by atoms with Gasteiger partial charge in [0.25, 0.3) is 0 Å². The van der Waals surface area contributed by atoms with Crippen LogP contribution in [0.3, 0.4) is 0 Å². The van der Waals surface area contributed by atoms with Crippen LogP contribution in [0.5, 0.6) is 0 Å². The summed E-state index contributed by atoms with van der Waals surface area (Å²) in [6.45, 7) is 0. The van der Waals surface area contributed by atoms with Crippen molar-refractivity contribution in [3.05, 3.63) is 35.4 Å². The Labute approximate surface area is 144 Å². The molecule has 0 aromatic heterocycles. The SMILES string of the molecule is CO[C@@H]1O[C@]2(c3ccc(C(F)(F)F)cc3)CC[C@H]3CCCCC31OO2. The van der Waals surface area contributed by atoms with Gasteiger partial charge < -0.3 is 9.47 Å². The van der Waals surface area contributed by atoms with Crippen LogP contribution in [0.15, 0.2) is 24.3 Å². The second kappa shape index (κ2) is 5.94. The molecule has 25 heavy (non-hydrogen) atoms. The molecular weight excluding hydrogens is 337 g/mol. The molecule has 3 saturated heterocycles. The van der Waals surface area contributed by atoms with Crippen molar-refractivity contribution >= 4 is 0 Å². The third-order valence-corrected chi connectivity index (χ3v) is 5.78. The lowest BCUT2D eigenvalue weighted by Gasteiger charge is -2.49. The molecule has 1 aromatic rings. The highest BCUT2D eigenvalue weighted by Crippen LogP contribution is 2.55. The van der Waals surface area contributed by atoms with Crippen LogP contribution in [-0.4, -0.2) is 19.0 Å². The standard InChI is InChI=1S/C18H21F3O4/c1-22-15-16-10-3-2-4-12(16)9-11-17(23-15,25-24-16)13-5-7-14(8-6-13)18(19,20)21/h5-8,12,15H,2-4,9-11H2,1H3/t12-,15-,16?,17-/m1/s1. The van der Waals surface area contributed by atoms with Gasteiger partial charge in [-0.2, -0.15) is 18.1 Å². The molecule has 0 N–H and O–H groups in total. The molecule has 0 radical (unpaired) electrons. The fourth-order valence-corrected chi connectivity index (χ4v) is 4.41. The predicted octanol–water partition coefficient (Wildman–Crippen LogP) is 4.53. The van der Waals surface area contributed by atoms with E-state index in [-0.39, 0.29) is 5.92 Å². The summed E-state index contributed by atoms with van der Waals surface area (Å²) in [6, 6.07) is 4.87. The highest BCUT2D eigenvalue weighted by Gasteiger charge is 2.61. The summed E-state index contributed by atoms with van der Waals surface area (Å²) in [5.41, 5.74) is -0.818. The van der Waals surface area contributed by atoms with Crippen molar-refractivity contribution in [1.29, 1.82) is 0 Å². The fraction of sp³-hybridized carbons (Fsp3) is 0.667. The van der Waals surface area contributed by atoms with Gasteiger partial charge in [0.15, 0.2) is 11.9 Å². The molecule has 2 bridgehead atoms. The molecule has 138 valence electrons. The van der Waals surface area contributed by atoms with Crippen LogP contribution in [0.25, 0.3) is 0 Å². The summed E-state index contributed by atoms with van der Waals surface area (Å²) in [6.07, 6.45) is 0.297. The van der Waals surface area contributed by atoms with E-state index in [0.717, 1.165) is 44.2 Å². The largest absolute Gasteiger partial charge is 0.416 e. The molecule has 1 aliphatic carbocycles. The van der Waals surface area contributed by atoms with E-state index < -0.39 is 29.4 Å². The molecule has 1 spiro atoms. The topological polar surface area (TPSA) is 36.9 Å². The molecule has 4 aliphatic rings. The normalized spacial score (nSPS) is 38.2. The Balaban J connectivity index is 1.68. The van der Waals surface area contributed by atoms with Crippen molar-refractivity contribution in [2.24, 2.45) is 5.92 Å². The maximum atomic E-state index is 12.8. The second-order valence-electron chi connectivity index (χ2n) is 7.12. The first-order chi connectivity index (χ1) is 11.9. The molecule has 5 rings (SSSR count). The number of hydrogen-bond acceptors (Lipinski definition) is 4. The number of hydrogen-bond donors (Lipinski definition) is 0. The summed E-state index contributed by atoms with van der Waals surface area (Å²) in [4.78, 5) is 11.6. The zero-order valence-corrected chi connectivity index (χ0v) is 14.0. The van der Waals surface area contributed by atoms with Crippen LogP contribution in [0, 0.1) is 5.92 Å². The van der Waals surface area contributed by atoms with Gasteiger partial charge in [-0.15, -0.1) is 0 Å². The van der Waals surface area contributed by atoms with Crippen molar-refractivity contribution in [3.63, 3.8) is 0 Å². The van der Waals surface area contributed by atoms with Crippen LogP contribution in [0.2, 0.25) is 0 Å². The Morgan fingerprint density at radius 2 is 1.80 bits per heavy atom. The maximum absolute atomic E-state index is 12.8. The minimum Gasteiger partial charge on any atom is -0.353 e. The van der Waals surface area contributed by atoms with Crippen LogP contribution < -0.4 is 0 Å². The number of fused-ring (bicyclic) bond motifs is 3. The molecular formula is C18H21F3O4. The third-order valence-electron chi connectivity index (χ3n) is 5.78. The first kappa shape index (κ1) is 17.3. The lowest BCUT2D eigenvalue weighted by Crippen LogP contribution is -2.59. The molecule has 4 fully saturated rings. The van der Waals surface area contributed by atoms with Gasteiger partial charge in [0.05, 0.1) is 5.56 Å². The van der Waals surface area contributed by atoms with E-state index in [1.807, 2.05) is 0 Å². The molecule has 4 atom stereocenters. The van der Waals surface area contributed by atoms with Gasteiger partial charge in [0.2, 0.25) is 5.79 Å². The number of rotatable bonds is 2. The molecule has 1 saturated carbocycles. The van der Waals surface area contributed by atoms with Gasteiger partial charge in [-0.1, -0.05) is 25.0 Å². The van der Waals surface area contributed by atoms with E-state index in [9.17, 15) is 13.2 Å². The van der Waals surface area contributed by atoms with Gasteiger partial charge in [-0.3, -0.25) is 0 Å². The molecule has 1 unspecified atom stereocenters. The number of ether oxygens (including phenoxy) is 2. The predicted molar refractivity (Wildman–Crippen MR) is 81.1 cm³/mol. The third kappa shape index (κ3) is 2.68. The highest BCUT2D eigenvalue weighted by atomic mass is 19.4.